The predicted molar refractivity (Wildman–Crippen MR) is 121 cm³/mol. The summed E-state index contributed by atoms with van der Waals surface area (Å²) < 4.78 is 0. The number of nitrogens with one attached hydrogen (secondary N) is 2. The van der Waals surface area contributed by atoms with E-state index >= 15 is 0 Å². The topological polar surface area (TPSA) is 90.5 Å². The minimum atomic E-state index is -0.324. The van der Waals surface area contributed by atoms with Gasteiger partial charge in [0.15, 0.2) is 0 Å². The van der Waals surface area contributed by atoms with Crippen LogP contribution in [-0.2, 0) is 9.59 Å². The monoisotopic (exact) mass is 422 g/mol. The molecule has 1 atom stereocenters. The number of hydrogen-bond acceptors (Lipinski definition) is 6. The van der Waals surface area contributed by atoms with Crippen molar-refractivity contribution in [1.82, 2.24) is 15.3 Å². The molecule has 2 amide bonds. The van der Waals surface area contributed by atoms with Gasteiger partial charge < -0.3 is 20.4 Å². The Morgan fingerprint density at radius 2 is 1.90 bits per heavy atom. The summed E-state index contributed by atoms with van der Waals surface area (Å²) in [5, 5.41) is 6.18. The largest absolute Gasteiger partial charge is 0.368 e. The van der Waals surface area contributed by atoms with E-state index in [9.17, 15) is 9.59 Å². The molecule has 2 aliphatic rings. The van der Waals surface area contributed by atoms with E-state index in [-0.39, 0.29) is 24.2 Å². The fourth-order valence-corrected chi connectivity index (χ4v) is 4.11. The molecule has 0 spiro atoms. The number of hydrogen-bond donors (Lipinski definition) is 2. The third-order valence-corrected chi connectivity index (χ3v) is 6.11. The Morgan fingerprint density at radius 1 is 1.10 bits per heavy atom. The van der Waals surface area contributed by atoms with Gasteiger partial charge in [-0.15, -0.1) is 0 Å². The van der Waals surface area contributed by atoms with Crippen molar-refractivity contribution in [3.05, 3.63) is 41.7 Å². The molecule has 0 radical (unpaired) electrons. The Morgan fingerprint density at radius 3 is 2.68 bits per heavy atom. The quantitative estimate of drug-likeness (QED) is 0.666. The third-order valence-electron chi connectivity index (χ3n) is 6.11. The molecular weight excluding hydrogens is 392 g/mol. The Hall–Kier alpha value is -3.16. The molecule has 2 N–H and O–H groups in total. The van der Waals surface area contributed by atoms with Crippen LogP contribution in [0, 0.1) is 19.8 Å². The second kappa shape index (κ2) is 9.32. The number of nitrogens with zero attached hydrogens (tertiary/aromatic N) is 4. The van der Waals surface area contributed by atoms with Crippen molar-refractivity contribution in [3.8, 4) is 0 Å². The highest BCUT2D eigenvalue weighted by Crippen LogP contribution is 2.27. The maximum absolute atomic E-state index is 12.6. The highest BCUT2D eigenvalue weighted by Gasteiger charge is 2.35. The Balaban J connectivity index is 1.24. The van der Waals surface area contributed by atoms with Crippen LogP contribution >= 0.6 is 0 Å². The molecule has 1 aromatic carbocycles. The molecule has 2 aromatic rings. The first kappa shape index (κ1) is 21.1. The van der Waals surface area contributed by atoms with Crippen LogP contribution < -0.4 is 20.4 Å². The fraction of sp³-hybridized carbons (Fsp3) is 0.478. The lowest BCUT2D eigenvalue weighted by Crippen LogP contribution is -2.35. The first-order chi connectivity index (χ1) is 15.0. The molecule has 3 heterocycles. The number of carbonyl (C=O) groups excluding carboxylic acids is 2. The molecule has 2 fully saturated rings. The van der Waals surface area contributed by atoms with Crippen LogP contribution in [0.4, 0.5) is 17.3 Å². The van der Waals surface area contributed by atoms with Gasteiger partial charge >= 0.3 is 0 Å². The number of amides is 2. The molecule has 1 aromatic heterocycles. The molecule has 8 heteroatoms. The van der Waals surface area contributed by atoms with E-state index in [2.05, 4.69) is 25.5 Å². The normalized spacial score (nSPS) is 18.5. The van der Waals surface area contributed by atoms with E-state index in [1.54, 1.807) is 11.2 Å². The molecule has 1 unspecified atom stereocenters. The highest BCUT2D eigenvalue weighted by molar-refractivity contribution is 6.00. The average molecular weight is 423 g/mol. The van der Waals surface area contributed by atoms with Crippen molar-refractivity contribution in [3.63, 3.8) is 0 Å². The van der Waals surface area contributed by atoms with Crippen LogP contribution in [0.3, 0.4) is 0 Å². The van der Waals surface area contributed by atoms with E-state index in [0.717, 1.165) is 36.0 Å². The minimum Gasteiger partial charge on any atom is -0.368 e. The van der Waals surface area contributed by atoms with E-state index < -0.39 is 0 Å². The van der Waals surface area contributed by atoms with Gasteiger partial charge in [-0.3, -0.25) is 9.59 Å². The van der Waals surface area contributed by atoms with Gasteiger partial charge in [-0.05, 0) is 49.9 Å². The van der Waals surface area contributed by atoms with Crippen molar-refractivity contribution < 1.29 is 9.59 Å². The summed E-state index contributed by atoms with van der Waals surface area (Å²) in [5.41, 5.74) is 3.19. The van der Waals surface area contributed by atoms with Gasteiger partial charge in [-0.2, -0.15) is 0 Å². The summed E-state index contributed by atoms with van der Waals surface area (Å²) >= 11 is 0. The Bertz CT molecular complexity index is 957. The van der Waals surface area contributed by atoms with E-state index in [0.29, 0.717) is 19.6 Å². The summed E-state index contributed by atoms with van der Waals surface area (Å²) in [7, 11) is 0. The number of aryl methyl sites for hydroxylation is 2. The lowest BCUT2D eigenvalue weighted by molar-refractivity contribution is -0.126. The summed E-state index contributed by atoms with van der Waals surface area (Å²) in [6, 6.07) is 7.92. The maximum Gasteiger partial charge on any atom is 0.227 e. The van der Waals surface area contributed by atoms with E-state index in [4.69, 9.17) is 0 Å². The van der Waals surface area contributed by atoms with Crippen molar-refractivity contribution in [2.75, 3.05) is 47.8 Å². The lowest BCUT2D eigenvalue weighted by atomic mass is 10.1. The number of aromatic nitrogens is 2. The summed E-state index contributed by atoms with van der Waals surface area (Å²) in [5.74, 6) is 1.28. The Labute approximate surface area is 183 Å². The van der Waals surface area contributed by atoms with Gasteiger partial charge in [-0.1, -0.05) is 6.07 Å². The zero-order valence-corrected chi connectivity index (χ0v) is 18.2. The van der Waals surface area contributed by atoms with Crippen molar-refractivity contribution in [2.24, 2.45) is 5.92 Å². The minimum absolute atomic E-state index is 0.00282. The zero-order chi connectivity index (χ0) is 21.8. The molecule has 164 valence electrons. The second-order valence-corrected chi connectivity index (χ2v) is 8.35. The van der Waals surface area contributed by atoms with Gasteiger partial charge in [-0.25, -0.2) is 9.97 Å². The van der Waals surface area contributed by atoms with Crippen molar-refractivity contribution >= 4 is 29.1 Å². The van der Waals surface area contributed by atoms with Crippen molar-refractivity contribution in [1.29, 1.82) is 0 Å². The zero-order valence-electron chi connectivity index (χ0n) is 18.2. The first-order valence-electron chi connectivity index (χ1n) is 11.0. The molecule has 4 rings (SSSR count). The van der Waals surface area contributed by atoms with Gasteiger partial charge in [0.1, 0.15) is 18.0 Å². The fourth-order valence-electron chi connectivity index (χ4n) is 4.11. The molecule has 0 saturated carbocycles. The number of rotatable bonds is 7. The maximum atomic E-state index is 12.6. The van der Waals surface area contributed by atoms with E-state index in [1.807, 2.05) is 38.1 Å². The lowest BCUT2D eigenvalue weighted by Gasteiger charge is -2.18. The van der Waals surface area contributed by atoms with Crippen LogP contribution in [0.5, 0.6) is 0 Å². The summed E-state index contributed by atoms with van der Waals surface area (Å²) in [6.45, 7) is 7.59. The van der Waals surface area contributed by atoms with Gasteiger partial charge in [0.05, 0.1) is 5.92 Å². The predicted octanol–water partition coefficient (Wildman–Crippen LogP) is 2.27. The summed E-state index contributed by atoms with van der Waals surface area (Å²) in [4.78, 5) is 37.6. The number of anilines is 3. The van der Waals surface area contributed by atoms with Gasteiger partial charge in [0.2, 0.25) is 11.8 Å². The van der Waals surface area contributed by atoms with Crippen LogP contribution in [0.25, 0.3) is 0 Å². The molecule has 2 saturated heterocycles. The average Bonchev–Trinajstić information content (AvgIpc) is 3.43. The molecule has 2 aliphatic heterocycles. The number of carbonyl (C=O) groups is 2. The first-order valence-corrected chi connectivity index (χ1v) is 11.0. The molecule has 31 heavy (non-hydrogen) atoms. The van der Waals surface area contributed by atoms with Crippen LogP contribution in [-0.4, -0.2) is 54.5 Å². The van der Waals surface area contributed by atoms with Crippen LogP contribution in [0.2, 0.25) is 0 Å². The smallest absolute Gasteiger partial charge is 0.227 e. The second-order valence-electron chi connectivity index (χ2n) is 8.35. The van der Waals surface area contributed by atoms with Crippen LogP contribution in [0.1, 0.15) is 30.4 Å². The summed E-state index contributed by atoms with van der Waals surface area (Å²) in [6.07, 6.45) is 4.21. The SMILES string of the molecule is Cc1ccc(N2CC(C(=O)NCCNc3cc(N4CCCC4)ncn3)CC2=O)cc1C. The van der Waals surface area contributed by atoms with Crippen molar-refractivity contribution in [2.45, 2.75) is 33.1 Å². The molecular formula is C23H30N6O2. The molecule has 8 nitrogen and oxygen atoms in total. The van der Waals surface area contributed by atoms with Gasteiger partial charge in [0.25, 0.3) is 0 Å². The molecule has 0 bridgehead atoms. The molecule has 0 aliphatic carbocycles. The third kappa shape index (κ3) is 4.95. The van der Waals surface area contributed by atoms with Crippen LogP contribution in [0.15, 0.2) is 30.6 Å². The standard InChI is InChI=1S/C23H30N6O2/c1-16-5-6-19(11-17(16)2)29-14-18(12-22(29)30)23(31)25-8-7-24-20-13-21(27-15-26-20)28-9-3-4-10-28/h5-6,11,13,15,18H,3-4,7-10,12,14H2,1-2H3,(H,25,31)(H,24,26,27). The highest BCUT2D eigenvalue weighted by atomic mass is 16.2. The number of benzene rings is 1. The van der Waals surface area contributed by atoms with Gasteiger partial charge in [0, 0.05) is 50.9 Å². The Kier molecular flexibility index (Phi) is 6.34. The van der Waals surface area contributed by atoms with E-state index in [1.165, 1.54) is 18.4 Å².